The van der Waals surface area contributed by atoms with Gasteiger partial charge in [0.2, 0.25) is 0 Å². The van der Waals surface area contributed by atoms with Crippen molar-refractivity contribution in [3.63, 3.8) is 0 Å². The average molecular weight is 297 g/mol. The number of halogens is 2. The lowest BCUT2D eigenvalue weighted by molar-refractivity contribution is 0.0593. The molecule has 1 aliphatic heterocycles. The van der Waals surface area contributed by atoms with E-state index >= 15 is 0 Å². The van der Waals surface area contributed by atoms with Crippen molar-refractivity contribution in [3.05, 3.63) is 35.4 Å². The van der Waals surface area contributed by atoms with Crippen LogP contribution in [0.2, 0.25) is 0 Å². The second kappa shape index (κ2) is 6.01. The summed E-state index contributed by atoms with van der Waals surface area (Å²) in [6.07, 6.45) is 1.36. The maximum Gasteiger partial charge on any atom is 0.126 e. The number of nitrogens with one attached hydrogen (secondary N) is 1. The van der Waals surface area contributed by atoms with E-state index in [0.29, 0.717) is 18.6 Å². The van der Waals surface area contributed by atoms with Crippen LogP contribution in [0.25, 0.3) is 0 Å². The van der Waals surface area contributed by atoms with Crippen molar-refractivity contribution in [1.82, 2.24) is 5.32 Å². The molecule has 118 valence electrons. The molecule has 2 atom stereocenters. The highest BCUT2D eigenvalue weighted by atomic mass is 19.1. The largest absolute Gasteiger partial charge is 0.378 e. The minimum absolute atomic E-state index is 0.0181. The van der Waals surface area contributed by atoms with Gasteiger partial charge in [-0.2, -0.15) is 0 Å². The Kier molecular flexibility index (Phi) is 4.69. The normalized spacial score (nSPS) is 26.3. The second-order valence-corrected chi connectivity index (χ2v) is 7.14. The highest BCUT2D eigenvalue weighted by Crippen LogP contribution is 2.38. The van der Waals surface area contributed by atoms with Gasteiger partial charge in [-0.25, -0.2) is 8.78 Å². The number of benzene rings is 1. The molecule has 1 saturated heterocycles. The molecule has 0 saturated carbocycles. The van der Waals surface area contributed by atoms with Crippen molar-refractivity contribution in [2.24, 2.45) is 5.41 Å². The Balaban J connectivity index is 2.22. The first-order valence-corrected chi connectivity index (χ1v) is 7.52. The highest BCUT2D eigenvalue weighted by molar-refractivity contribution is 5.21. The van der Waals surface area contributed by atoms with Crippen LogP contribution in [0.15, 0.2) is 18.2 Å². The molecule has 2 nitrogen and oxygen atoms in total. The number of hydrogen-bond donors (Lipinski definition) is 1. The van der Waals surface area contributed by atoms with Crippen LogP contribution >= 0.6 is 0 Å². The molecule has 2 unspecified atom stereocenters. The Bertz CT molecular complexity index is 498. The molecule has 21 heavy (non-hydrogen) atoms. The molecule has 4 heteroatoms. The van der Waals surface area contributed by atoms with Crippen LogP contribution < -0.4 is 5.32 Å². The summed E-state index contributed by atoms with van der Waals surface area (Å²) >= 11 is 0. The van der Waals surface area contributed by atoms with Gasteiger partial charge in [0.25, 0.3) is 0 Å². The smallest absolute Gasteiger partial charge is 0.126 e. The van der Waals surface area contributed by atoms with E-state index in [1.807, 2.05) is 6.92 Å². The molecule has 0 spiro atoms. The van der Waals surface area contributed by atoms with Gasteiger partial charge in [-0.05, 0) is 64.3 Å². The zero-order valence-corrected chi connectivity index (χ0v) is 13.3. The van der Waals surface area contributed by atoms with Crippen molar-refractivity contribution in [2.75, 3.05) is 13.2 Å². The van der Waals surface area contributed by atoms with E-state index in [0.717, 1.165) is 19.0 Å². The number of ether oxygens (including phenoxy) is 1. The minimum Gasteiger partial charge on any atom is -0.378 e. The topological polar surface area (TPSA) is 21.3 Å². The van der Waals surface area contributed by atoms with Crippen LogP contribution in [0.4, 0.5) is 8.78 Å². The van der Waals surface area contributed by atoms with E-state index in [4.69, 9.17) is 4.74 Å². The molecule has 1 heterocycles. The summed E-state index contributed by atoms with van der Waals surface area (Å²) in [7, 11) is 0. The lowest BCUT2D eigenvalue weighted by Gasteiger charge is -2.36. The first-order valence-electron chi connectivity index (χ1n) is 7.52. The maximum atomic E-state index is 14.0. The fourth-order valence-electron chi connectivity index (χ4n) is 2.85. The summed E-state index contributed by atoms with van der Waals surface area (Å²) in [6.45, 7) is 9.73. The molecule has 1 N–H and O–H groups in total. The van der Waals surface area contributed by atoms with Gasteiger partial charge in [0.1, 0.15) is 11.6 Å². The quantitative estimate of drug-likeness (QED) is 0.915. The Labute approximate surface area is 125 Å². The van der Waals surface area contributed by atoms with Gasteiger partial charge in [-0.1, -0.05) is 0 Å². The summed E-state index contributed by atoms with van der Waals surface area (Å²) < 4.78 is 33.1. The van der Waals surface area contributed by atoms with E-state index in [1.165, 1.54) is 12.1 Å². The number of rotatable bonds is 4. The van der Waals surface area contributed by atoms with Crippen molar-refractivity contribution in [2.45, 2.75) is 52.2 Å². The zero-order chi connectivity index (χ0) is 15.7. The molecule has 0 amide bonds. The van der Waals surface area contributed by atoms with Gasteiger partial charge < -0.3 is 10.1 Å². The Morgan fingerprint density at radius 1 is 1.33 bits per heavy atom. The molecule has 0 bridgehead atoms. The first kappa shape index (κ1) is 16.4. The molecular formula is C17H25F2NO. The summed E-state index contributed by atoms with van der Waals surface area (Å²) in [4.78, 5) is 0. The van der Waals surface area contributed by atoms with E-state index in [2.05, 4.69) is 26.1 Å². The van der Waals surface area contributed by atoms with Gasteiger partial charge in [0.15, 0.2) is 0 Å². The molecular weight excluding hydrogens is 272 g/mol. The Morgan fingerprint density at radius 3 is 2.62 bits per heavy atom. The van der Waals surface area contributed by atoms with Crippen LogP contribution in [-0.2, 0) is 11.2 Å². The van der Waals surface area contributed by atoms with Crippen LogP contribution in [0.3, 0.4) is 0 Å². The van der Waals surface area contributed by atoms with E-state index < -0.39 is 5.82 Å². The molecule has 0 aromatic heterocycles. The van der Waals surface area contributed by atoms with Gasteiger partial charge in [-0.15, -0.1) is 0 Å². The molecule has 1 fully saturated rings. The second-order valence-electron chi connectivity index (χ2n) is 7.14. The van der Waals surface area contributed by atoms with E-state index in [9.17, 15) is 8.78 Å². The predicted octanol–water partition coefficient (Wildman–Crippen LogP) is 3.69. The summed E-state index contributed by atoms with van der Waals surface area (Å²) in [6, 6.07) is 3.67. The SMILES string of the molecule is CC1OCCC1(CNC(C)(C)C)Cc1cc(F)ccc1F. The van der Waals surface area contributed by atoms with Crippen molar-refractivity contribution in [3.8, 4) is 0 Å². The maximum absolute atomic E-state index is 14.0. The summed E-state index contributed by atoms with van der Waals surface area (Å²) in [5.74, 6) is -0.734. The van der Waals surface area contributed by atoms with Crippen molar-refractivity contribution < 1.29 is 13.5 Å². The third kappa shape index (κ3) is 4.01. The van der Waals surface area contributed by atoms with Crippen LogP contribution in [0.1, 0.15) is 39.7 Å². The van der Waals surface area contributed by atoms with Crippen LogP contribution in [0, 0.1) is 17.0 Å². The fourth-order valence-corrected chi connectivity index (χ4v) is 2.85. The van der Waals surface area contributed by atoms with Gasteiger partial charge in [0, 0.05) is 24.1 Å². The molecule has 0 radical (unpaired) electrons. The Morgan fingerprint density at radius 2 is 2.05 bits per heavy atom. The average Bonchev–Trinajstić information content (AvgIpc) is 2.73. The fraction of sp³-hybridized carbons (Fsp3) is 0.647. The first-order chi connectivity index (χ1) is 9.72. The van der Waals surface area contributed by atoms with Crippen LogP contribution in [0.5, 0.6) is 0 Å². The lowest BCUT2D eigenvalue weighted by Crippen LogP contribution is -2.47. The predicted molar refractivity (Wildman–Crippen MR) is 80.3 cm³/mol. The third-order valence-electron chi connectivity index (χ3n) is 4.35. The van der Waals surface area contributed by atoms with E-state index in [1.54, 1.807) is 0 Å². The third-order valence-corrected chi connectivity index (χ3v) is 4.35. The summed E-state index contributed by atoms with van der Waals surface area (Å²) in [5, 5.41) is 3.49. The standard InChI is InChI=1S/C17H25F2NO/c1-12-17(7-8-21-12,11-20-16(2,3)4)10-13-9-14(18)5-6-15(13)19/h5-6,9,12,20H,7-8,10-11H2,1-4H3. The van der Waals surface area contributed by atoms with Gasteiger partial charge in [-0.3, -0.25) is 0 Å². The van der Waals surface area contributed by atoms with Gasteiger partial charge in [0.05, 0.1) is 6.10 Å². The molecule has 1 aromatic rings. The zero-order valence-electron chi connectivity index (χ0n) is 13.3. The summed E-state index contributed by atoms with van der Waals surface area (Å²) in [5.41, 5.74) is 0.223. The minimum atomic E-state index is -0.392. The Hall–Kier alpha value is -1.00. The molecule has 2 rings (SSSR count). The van der Waals surface area contributed by atoms with Crippen molar-refractivity contribution in [1.29, 1.82) is 0 Å². The monoisotopic (exact) mass is 297 g/mol. The number of hydrogen-bond acceptors (Lipinski definition) is 2. The lowest BCUT2D eigenvalue weighted by atomic mass is 9.75. The molecule has 0 aliphatic carbocycles. The van der Waals surface area contributed by atoms with Crippen molar-refractivity contribution >= 4 is 0 Å². The molecule has 1 aromatic carbocycles. The highest BCUT2D eigenvalue weighted by Gasteiger charge is 2.42. The van der Waals surface area contributed by atoms with E-state index in [-0.39, 0.29) is 22.9 Å². The molecule has 1 aliphatic rings. The van der Waals surface area contributed by atoms with Crippen LogP contribution in [-0.4, -0.2) is 24.8 Å². The van der Waals surface area contributed by atoms with Gasteiger partial charge >= 0.3 is 0 Å².